The highest BCUT2D eigenvalue weighted by Gasteiger charge is 2.37. The van der Waals surface area contributed by atoms with E-state index in [1.54, 1.807) is 0 Å². The summed E-state index contributed by atoms with van der Waals surface area (Å²) in [6, 6.07) is 167. The molecule has 6 heteroatoms. The Balaban J connectivity index is 0.576. The van der Waals surface area contributed by atoms with Gasteiger partial charge in [-0.3, -0.25) is 0 Å². The Bertz CT molecular complexity index is 8420. The van der Waals surface area contributed by atoms with Crippen LogP contribution in [-0.2, 0) is 5.41 Å². The van der Waals surface area contributed by atoms with Gasteiger partial charge in [-0.1, -0.05) is 275 Å². The van der Waals surface area contributed by atoms with Gasteiger partial charge in [0.15, 0.2) is 0 Å². The maximum atomic E-state index is 2.50. The van der Waals surface area contributed by atoms with Crippen LogP contribution in [0.1, 0.15) is 25.0 Å². The first kappa shape index (κ1) is 71.6. The molecule has 0 amide bonds. The van der Waals surface area contributed by atoms with Gasteiger partial charge in [0.2, 0.25) is 0 Å². The fourth-order valence-corrected chi connectivity index (χ4v) is 20.9. The molecule has 1 aliphatic carbocycles. The first-order valence-electron chi connectivity index (χ1n) is 43.3. The Kier molecular flexibility index (Phi) is 16.3. The van der Waals surface area contributed by atoms with Crippen LogP contribution in [0.2, 0.25) is 0 Å². The molecular weight excluding hydrogens is 1510 g/mol. The van der Waals surface area contributed by atoms with Crippen LogP contribution in [0.5, 0.6) is 0 Å². The highest BCUT2D eigenvalue weighted by molar-refractivity contribution is 6.16. The van der Waals surface area contributed by atoms with Crippen molar-refractivity contribution in [1.29, 1.82) is 0 Å². The highest BCUT2D eigenvalue weighted by atomic mass is 15.2. The van der Waals surface area contributed by atoms with Gasteiger partial charge in [0.05, 0.1) is 49.8 Å². The number of fused-ring (bicyclic) bond motifs is 17. The van der Waals surface area contributed by atoms with E-state index in [-0.39, 0.29) is 5.41 Å². The minimum Gasteiger partial charge on any atom is -0.311 e. The fraction of sp³-hybridized carbons (Fsp3) is 0.0252. The van der Waals surface area contributed by atoms with Crippen molar-refractivity contribution in [2.24, 2.45) is 0 Å². The van der Waals surface area contributed by atoms with Gasteiger partial charge in [-0.05, 0) is 271 Å². The number of aromatic nitrogens is 4. The number of nitrogens with zero attached hydrogens (tertiary/aromatic N) is 6. The zero-order valence-electron chi connectivity index (χ0n) is 68.9. The number of hydrogen-bond donors (Lipinski definition) is 0. The predicted octanol–water partition coefficient (Wildman–Crippen LogP) is 32.3. The largest absolute Gasteiger partial charge is 0.311 e. The van der Waals surface area contributed by atoms with Crippen molar-refractivity contribution in [3.05, 3.63) is 460 Å². The summed E-state index contributed by atoms with van der Waals surface area (Å²) in [5.74, 6) is 0. The zero-order chi connectivity index (χ0) is 82.5. The molecule has 0 atom stereocenters. The molecule has 0 saturated heterocycles. The minimum atomic E-state index is -0.330. The van der Waals surface area contributed by atoms with Crippen molar-refractivity contribution in [3.63, 3.8) is 0 Å². The van der Waals surface area contributed by atoms with Crippen molar-refractivity contribution in [3.8, 4) is 78.4 Å². The second kappa shape index (κ2) is 28.4. The molecule has 24 aromatic rings. The molecule has 4 aromatic heterocycles. The molecule has 0 radical (unpaired) electrons. The van der Waals surface area contributed by atoms with Crippen LogP contribution < -0.4 is 9.80 Å². The lowest BCUT2D eigenvalue weighted by Crippen LogP contribution is -2.17. The molecular formula is C119H80N6. The topological polar surface area (TPSA) is 26.2 Å². The van der Waals surface area contributed by atoms with Gasteiger partial charge in [-0.15, -0.1) is 0 Å². The number of para-hydroxylation sites is 7. The Morgan fingerprint density at radius 2 is 0.488 bits per heavy atom. The van der Waals surface area contributed by atoms with Crippen LogP contribution in [0.4, 0.5) is 34.1 Å². The molecule has 0 fully saturated rings. The quantitative estimate of drug-likeness (QED) is 0.108. The number of anilines is 6. The first-order chi connectivity index (χ1) is 61.8. The molecule has 0 saturated carbocycles. The van der Waals surface area contributed by atoms with E-state index in [4.69, 9.17) is 0 Å². The second-order valence-electron chi connectivity index (χ2n) is 33.9. The summed E-state index contributed by atoms with van der Waals surface area (Å²) in [7, 11) is 0. The third-order valence-corrected chi connectivity index (χ3v) is 26.7. The van der Waals surface area contributed by atoms with Crippen LogP contribution in [-0.4, -0.2) is 18.3 Å². The molecule has 4 heterocycles. The Hall–Kier alpha value is -16.3. The maximum Gasteiger partial charge on any atom is 0.0541 e. The standard InChI is InChI=1S/C119H80N6/c1-119(2)108-75-82(81-52-70-117-106(73-81)103-34-14-19-43-114(103)123(117)85-28-7-4-8-29-85)50-67-97(108)98-68-66-92(76-109(98)119)121(89-60-64-90(65-61-89)124-111-40-16-11-31-100(111)101-32-12-17-41-112(101)124)110-45-23-38-96-95(37-22-39-99(96)110)83-53-71-118-107(74-83)104-35-15-20-44-115(104)125(118)91-62-58-88(59-63-91)120(87-56-48-79(49-57-87)94-36-21-25-78-24-9-10-30-93(78)94)86-54-46-77(47-55-86)80-51-69-116-105(72-80)102-33-13-18-42-113(102)122(116)84-26-5-3-6-27-84/h3-76H,1-2H3. The molecule has 0 unspecified atom stereocenters. The number of hydrogen-bond acceptors (Lipinski definition) is 2. The molecule has 20 aromatic carbocycles. The van der Waals surface area contributed by atoms with Crippen molar-refractivity contribution in [2.75, 3.05) is 9.80 Å². The van der Waals surface area contributed by atoms with Crippen molar-refractivity contribution in [1.82, 2.24) is 18.3 Å². The lowest BCUT2D eigenvalue weighted by molar-refractivity contribution is 0.660. The van der Waals surface area contributed by atoms with E-state index in [2.05, 4.69) is 491 Å². The maximum absolute atomic E-state index is 2.50. The summed E-state index contributed by atoms with van der Waals surface area (Å²) in [5.41, 5.74) is 34.7. The smallest absolute Gasteiger partial charge is 0.0541 e. The summed E-state index contributed by atoms with van der Waals surface area (Å²) in [4.78, 5) is 4.89. The van der Waals surface area contributed by atoms with Gasteiger partial charge in [-0.25, -0.2) is 0 Å². The molecule has 125 heavy (non-hydrogen) atoms. The van der Waals surface area contributed by atoms with Gasteiger partial charge in [0, 0.05) is 105 Å². The summed E-state index contributed by atoms with van der Waals surface area (Å²) in [5, 5.41) is 14.6. The van der Waals surface area contributed by atoms with E-state index in [1.165, 1.54) is 148 Å². The van der Waals surface area contributed by atoms with Crippen molar-refractivity contribution in [2.45, 2.75) is 19.3 Å². The number of rotatable bonds is 14. The van der Waals surface area contributed by atoms with Crippen LogP contribution >= 0.6 is 0 Å². The summed E-state index contributed by atoms with van der Waals surface area (Å²) >= 11 is 0. The van der Waals surface area contributed by atoms with Gasteiger partial charge in [0.1, 0.15) is 0 Å². The van der Waals surface area contributed by atoms with E-state index in [9.17, 15) is 0 Å². The van der Waals surface area contributed by atoms with Gasteiger partial charge >= 0.3 is 0 Å². The molecule has 0 bridgehead atoms. The molecule has 6 nitrogen and oxygen atoms in total. The van der Waals surface area contributed by atoms with E-state index in [1.807, 2.05) is 0 Å². The number of benzene rings is 20. The molecule has 0 N–H and O–H groups in total. The fourth-order valence-electron chi connectivity index (χ4n) is 20.9. The molecule has 25 rings (SSSR count). The van der Waals surface area contributed by atoms with Gasteiger partial charge in [-0.2, -0.15) is 0 Å². The van der Waals surface area contributed by atoms with Crippen LogP contribution in [0, 0.1) is 0 Å². The molecule has 1 aliphatic rings. The van der Waals surface area contributed by atoms with E-state index in [0.717, 1.165) is 84.4 Å². The van der Waals surface area contributed by atoms with E-state index in [0.29, 0.717) is 0 Å². The lowest BCUT2D eigenvalue weighted by Gasteiger charge is -2.29. The Morgan fingerprint density at radius 3 is 1.00 bits per heavy atom. The SMILES string of the molecule is CC1(C)c2cc(-c3ccc4c(c3)c3ccccc3n4-c3ccccc3)ccc2-c2ccc(N(c3ccc(-n4c5ccccc5c5ccccc54)cc3)c3cccc4c(-c5ccc6c(c5)c5ccccc5n6-c5ccc(N(c6ccc(-c7ccc8c(c7)c7ccccc7n8-c7ccccc7)cc6)c6ccc(-c7cccc8ccccc78)cc6)cc5)cccc34)cc21. The van der Waals surface area contributed by atoms with Crippen LogP contribution in [0.15, 0.2) is 449 Å². The monoisotopic (exact) mass is 1590 g/mol. The third kappa shape index (κ3) is 11.4. The average molecular weight is 1590 g/mol. The zero-order valence-corrected chi connectivity index (χ0v) is 68.9. The predicted molar refractivity (Wildman–Crippen MR) is 527 cm³/mol. The molecule has 0 spiro atoms. The van der Waals surface area contributed by atoms with E-state index < -0.39 is 0 Å². The molecule has 0 aliphatic heterocycles. The van der Waals surface area contributed by atoms with E-state index >= 15 is 0 Å². The first-order valence-corrected chi connectivity index (χ1v) is 43.3. The summed E-state index contributed by atoms with van der Waals surface area (Å²) in [6.45, 7) is 4.83. The summed E-state index contributed by atoms with van der Waals surface area (Å²) in [6.07, 6.45) is 0. The Morgan fingerprint density at radius 1 is 0.176 bits per heavy atom. The van der Waals surface area contributed by atoms with Gasteiger partial charge in [0.25, 0.3) is 0 Å². The molecule has 586 valence electrons. The third-order valence-electron chi connectivity index (χ3n) is 26.7. The van der Waals surface area contributed by atoms with Crippen molar-refractivity contribution >= 4 is 143 Å². The normalized spacial score (nSPS) is 12.5. The highest BCUT2D eigenvalue weighted by Crippen LogP contribution is 2.54. The van der Waals surface area contributed by atoms with Gasteiger partial charge < -0.3 is 28.1 Å². The van der Waals surface area contributed by atoms with Crippen LogP contribution in [0.25, 0.3) is 187 Å². The van der Waals surface area contributed by atoms with Crippen molar-refractivity contribution < 1.29 is 0 Å². The minimum absolute atomic E-state index is 0.330. The lowest BCUT2D eigenvalue weighted by atomic mass is 9.81. The second-order valence-corrected chi connectivity index (χ2v) is 33.9. The Labute approximate surface area is 723 Å². The van der Waals surface area contributed by atoms with Crippen LogP contribution in [0.3, 0.4) is 0 Å². The average Bonchev–Trinajstić information content (AvgIpc) is 1.63. The summed E-state index contributed by atoms with van der Waals surface area (Å²) < 4.78 is 9.63.